The maximum atomic E-state index is 12.1. The number of pyridine rings is 1. The number of carbonyl (C=O) groups is 1. The average molecular weight is 400 g/mol. The molecule has 7 nitrogen and oxygen atoms in total. The highest BCUT2D eigenvalue weighted by atomic mass is 16.1. The number of imidazole rings is 1. The second-order valence-corrected chi connectivity index (χ2v) is 7.94. The lowest BCUT2D eigenvalue weighted by molar-refractivity contribution is -0.112. The van der Waals surface area contributed by atoms with E-state index in [0.29, 0.717) is 6.54 Å². The first-order valence-corrected chi connectivity index (χ1v) is 10.1. The Balaban J connectivity index is 1.43. The quantitative estimate of drug-likeness (QED) is 0.482. The van der Waals surface area contributed by atoms with Crippen LogP contribution in [-0.2, 0) is 31.9 Å². The van der Waals surface area contributed by atoms with Crippen LogP contribution in [0.4, 0.5) is 0 Å². The van der Waals surface area contributed by atoms with Gasteiger partial charge in [-0.3, -0.25) is 14.6 Å². The molecule has 0 amide bonds. The summed E-state index contributed by atoms with van der Waals surface area (Å²) in [6, 6.07) is 9.98. The van der Waals surface area contributed by atoms with Gasteiger partial charge in [0.2, 0.25) is 0 Å². The van der Waals surface area contributed by atoms with E-state index >= 15 is 0 Å². The zero-order chi connectivity index (χ0) is 20.8. The minimum Gasteiger partial charge on any atom is -0.331 e. The van der Waals surface area contributed by atoms with Crippen LogP contribution in [0.1, 0.15) is 28.7 Å². The number of fused-ring (bicyclic) bond motifs is 2. The molecule has 0 saturated carbocycles. The molecule has 5 rings (SSSR count). The molecular formula is C23H24N6O. The number of nitrogens with zero attached hydrogens (tertiary/aromatic N) is 6. The lowest BCUT2D eigenvalue weighted by Gasteiger charge is -2.21. The topological polar surface area (TPSA) is 68.8 Å². The third kappa shape index (κ3) is 2.93. The number of carbonyl (C=O) groups excluding carboxylic acids is 1. The number of aromatic nitrogens is 5. The van der Waals surface area contributed by atoms with Crippen molar-refractivity contribution in [3.8, 4) is 11.3 Å². The molecule has 0 bridgehead atoms. The Labute approximate surface area is 175 Å². The van der Waals surface area contributed by atoms with E-state index < -0.39 is 0 Å². The van der Waals surface area contributed by atoms with Crippen molar-refractivity contribution in [2.45, 2.75) is 25.9 Å². The summed E-state index contributed by atoms with van der Waals surface area (Å²) < 4.78 is 3.98. The summed E-state index contributed by atoms with van der Waals surface area (Å²) in [5, 5.41) is 4.28. The highest BCUT2D eigenvalue weighted by Gasteiger charge is 2.34. The SMILES string of the molecule is Cc1ccc2c(c1)nc(CCN1Cc3nccc(-c4ccnn4C)c3C1C=O)n2C. The van der Waals surface area contributed by atoms with Crippen LogP contribution in [0.15, 0.2) is 42.7 Å². The Kier molecular flexibility index (Phi) is 4.47. The first kappa shape index (κ1) is 18.7. The van der Waals surface area contributed by atoms with Crippen LogP contribution in [0.2, 0.25) is 0 Å². The smallest absolute Gasteiger partial charge is 0.141 e. The number of aryl methyl sites for hydroxylation is 3. The number of rotatable bonds is 5. The van der Waals surface area contributed by atoms with Crippen molar-refractivity contribution in [3.05, 3.63) is 65.4 Å². The third-order valence-corrected chi connectivity index (χ3v) is 6.09. The number of hydrogen-bond donors (Lipinski definition) is 0. The van der Waals surface area contributed by atoms with Gasteiger partial charge in [-0.2, -0.15) is 5.10 Å². The van der Waals surface area contributed by atoms with Crippen molar-refractivity contribution in [3.63, 3.8) is 0 Å². The molecule has 1 aliphatic rings. The summed E-state index contributed by atoms with van der Waals surface area (Å²) in [7, 11) is 3.97. The monoisotopic (exact) mass is 400 g/mol. The van der Waals surface area contributed by atoms with Gasteiger partial charge in [0, 0.05) is 57.1 Å². The molecule has 0 aliphatic carbocycles. The summed E-state index contributed by atoms with van der Waals surface area (Å²) in [6.45, 7) is 3.48. The Morgan fingerprint density at radius 1 is 1.17 bits per heavy atom. The number of benzene rings is 1. The van der Waals surface area contributed by atoms with Gasteiger partial charge in [-0.25, -0.2) is 4.98 Å². The standard InChI is InChI=1S/C23H24N6O/c1-15-4-5-20-17(12-15)26-22(27(20)2)8-11-29-13-18-23(21(29)14-30)16(6-9-24-18)19-7-10-25-28(19)3/h4-7,9-10,12,14,21H,8,11,13H2,1-3H3. The minimum atomic E-state index is -0.310. The summed E-state index contributed by atoms with van der Waals surface area (Å²) in [6.07, 6.45) is 5.40. The largest absolute Gasteiger partial charge is 0.331 e. The molecule has 0 radical (unpaired) electrons. The average Bonchev–Trinajstić information content (AvgIpc) is 3.41. The highest BCUT2D eigenvalue weighted by molar-refractivity contribution is 5.77. The summed E-state index contributed by atoms with van der Waals surface area (Å²) in [4.78, 5) is 23.7. The van der Waals surface area contributed by atoms with Crippen LogP contribution in [-0.4, -0.2) is 42.0 Å². The maximum absolute atomic E-state index is 12.1. The fourth-order valence-electron chi connectivity index (χ4n) is 4.51. The zero-order valence-electron chi connectivity index (χ0n) is 17.4. The van der Waals surface area contributed by atoms with Gasteiger partial charge in [-0.1, -0.05) is 6.07 Å². The van der Waals surface area contributed by atoms with Gasteiger partial charge in [0.1, 0.15) is 12.1 Å². The summed E-state index contributed by atoms with van der Waals surface area (Å²) >= 11 is 0. The van der Waals surface area contributed by atoms with E-state index in [0.717, 1.165) is 58.6 Å². The lowest BCUT2D eigenvalue weighted by atomic mass is 10.00. The fourth-order valence-corrected chi connectivity index (χ4v) is 4.51. The Morgan fingerprint density at radius 3 is 2.80 bits per heavy atom. The van der Waals surface area contributed by atoms with Crippen molar-refractivity contribution in [1.29, 1.82) is 0 Å². The maximum Gasteiger partial charge on any atom is 0.141 e. The van der Waals surface area contributed by atoms with Crippen molar-refractivity contribution in [2.75, 3.05) is 6.54 Å². The van der Waals surface area contributed by atoms with Crippen LogP contribution in [0.25, 0.3) is 22.3 Å². The van der Waals surface area contributed by atoms with E-state index in [1.165, 1.54) is 5.56 Å². The van der Waals surface area contributed by atoms with Crippen molar-refractivity contribution < 1.29 is 4.79 Å². The Morgan fingerprint density at radius 2 is 2.03 bits per heavy atom. The molecule has 7 heteroatoms. The van der Waals surface area contributed by atoms with Crippen LogP contribution in [0.5, 0.6) is 0 Å². The van der Waals surface area contributed by atoms with Gasteiger partial charge in [0.05, 0.1) is 28.5 Å². The van der Waals surface area contributed by atoms with Gasteiger partial charge in [-0.15, -0.1) is 0 Å². The van der Waals surface area contributed by atoms with Gasteiger partial charge < -0.3 is 9.36 Å². The van der Waals surface area contributed by atoms with Crippen LogP contribution in [0, 0.1) is 6.92 Å². The van der Waals surface area contributed by atoms with E-state index in [4.69, 9.17) is 4.98 Å². The van der Waals surface area contributed by atoms with Crippen LogP contribution in [0.3, 0.4) is 0 Å². The second-order valence-electron chi connectivity index (χ2n) is 7.94. The van der Waals surface area contributed by atoms with Gasteiger partial charge in [0.15, 0.2) is 0 Å². The Bertz CT molecular complexity index is 1250. The molecule has 1 aliphatic heterocycles. The Hall–Kier alpha value is -3.32. The number of hydrogen-bond acceptors (Lipinski definition) is 5. The number of aldehydes is 1. The van der Waals surface area contributed by atoms with Crippen molar-refractivity contribution >= 4 is 17.3 Å². The molecule has 3 aromatic heterocycles. The van der Waals surface area contributed by atoms with E-state index in [2.05, 4.69) is 51.7 Å². The van der Waals surface area contributed by atoms with Crippen molar-refractivity contribution in [2.24, 2.45) is 14.1 Å². The van der Waals surface area contributed by atoms with Gasteiger partial charge >= 0.3 is 0 Å². The van der Waals surface area contributed by atoms with Crippen molar-refractivity contribution in [1.82, 2.24) is 29.2 Å². The molecule has 1 aromatic carbocycles. The molecule has 1 unspecified atom stereocenters. The summed E-state index contributed by atoms with van der Waals surface area (Å²) in [5.74, 6) is 1.02. The predicted octanol–water partition coefficient (Wildman–Crippen LogP) is 2.98. The van der Waals surface area contributed by atoms with Gasteiger partial charge in [-0.05, 0) is 36.8 Å². The molecule has 152 valence electrons. The molecule has 0 saturated heterocycles. The van der Waals surface area contributed by atoms with Crippen LogP contribution < -0.4 is 0 Å². The normalized spacial score (nSPS) is 16.3. The molecule has 30 heavy (non-hydrogen) atoms. The van der Waals surface area contributed by atoms with Gasteiger partial charge in [0.25, 0.3) is 0 Å². The molecular weight excluding hydrogens is 376 g/mol. The predicted molar refractivity (Wildman–Crippen MR) is 115 cm³/mol. The molecule has 0 fully saturated rings. The first-order chi connectivity index (χ1) is 14.6. The lowest BCUT2D eigenvalue weighted by Crippen LogP contribution is -2.26. The third-order valence-electron chi connectivity index (χ3n) is 6.09. The fraction of sp³-hybridized carbons (Fsp3) is 0.304. The molecule has 0 spiro atoms. The van der Waals surface area contributed by atoms with E-state index in [9.17, 15) is 4.79 Å². The molecule has 4 aromatic rings. The summed E-state index contributed by atoms with van der Waals surface area (Å²) in [5.41, 5.74) is 7.34. The van der Waals surface area contributed by atoms with E-state index in [1.807, 2.05) is 30.1 Å². The van der Waals surface area contributed by atoms with E-state index in [1.54, 1.807) is 6.20 Å². The molecule has 1 atom stereocenters. The minimum absolute atomic E-state index is 0.310. The second kappa shape index (κ2) is 7.18. The molecule has 4 heterocycles. The van der Waals surface area contributed by atoms with Crippen LogP contribution >= 0.6 is 0 Å². The van der Waals surface area contributed by atoms with E-state index in [-0.39, 0.29) is 6.04 Å². The highest BCUT2D eigenvalue weighted by Crippen LogP contribution is 2.38. The molecule has 0 N–H and O–H groups in total. The first-order valence-electron chi connectivity index (χ1n) is 10.1. The zero-order valence-corrected chi connectivity index (χ0v) is 17.4.